The third kappa shape index (κ3) is 6.85. The molecule has 37 heavy (non-hydrogen) atoms. The van der Waals surface area contributed by atoms with Gasteiger partial charge in [-0.05, 0) is 64.0 Å². The molecule has 11 heteroatoms. The number of anilines is 5. The molecule has 2 aliphatic heterocycles. The maximum atomic E-state index is 12.4. The summed E-state index contributed by atoms with van der Waals surface area (Å²) in [5, 5.41) is 14.3. The molecule has 0 spiro atoms. The van der Waals surface area contributed by atoms with E-state index in [9.17, 15) is 4.79 Å². The SMILES string of the molecule is CN1CCC(n2cc(Nc3ncc(Cl)c(Nc4cccc(NC(=O)C=C5CCOCC5)c4)n3)cn2)CC1. The molecule has 2 aliphatic rings. The summed E-state index contributed by atoms with van der Waals surface area (Å²) < 4.78 is 7.36. The number of hydrogen-bond acceptors (Lipinski definition) is 8. The maximum absolute atomic E-state index is 12.4. The molecule has 2 aromatic heterocycles. The molecule has 4 heterocycles. The topological polar surface area (TPSA) is 109 Å². The van der Waals surface area contributed by atoms with E-state index in [0.717, 1.165) is 55.7 Å². The van der Waals surface area contributed by atoms with Crippen molar-refractivity contribution in [1.82, 2.24) is 24.6 Å². The minimum Gasteiger partial charge on any atom is -0.381 e. The monoisotopic (exact) mass is 522 g/mol. The molecular formula is C26H31ClN8O2. The summed E-state index contributed by atoms with van der Waals surface area (Å²) in [7, 11) is 2.15. The van der Waals surface area contributed by atoms with Gasteiger partial charge in [0.2, 0.25) is 11.9 Å². The lowest BCUT2D eigenvalue weighted by Crippen LogP contribution is -2.31. The van der Waals surface area contributed by atoms with Crippen molar-refractivity contribution >= 4 is 46.3 Å². The Morgan fingerprint density at radius 3 is 2.70 bits per heavy atom. The lowest BCUT2D eigenvalue weighted by molar-refractivity contribution is -0.112. The Balaban J connectivity index is 1.23. The van der Waals surface area contributed by atoms with Gasteiger partial charge in [-0.2, -0.15) is 10.1 Å². The normalized spacial score (nSPS) is 16.9. The van der Waals surface area contributed by atoms with Crippen molar-refractivity contribution in [3.05, 3.63) is 59.5 Å². The summed E-state index contributed by atoms with van der Waals surface area (Å²) in [4.78, 5) is 23.6. The second-order valence-electron chi connectivity index (χ2n) is 9.37. The van der Waals surface area contributed by atoms with Gasteiger partial charge >= 0.3 is 0 Å². The number of piperidine rings is 1. The quantitative estimate of drug-likeness (QED) is 0.381. The molecule has 3 aromatic rings. The number of ether oxygens (including phenoxy) is 1. The second-order valence-corrected chi connectivity index (χ2v) is 9.78. The first-order chi connectivity index (χ1) is 18.0. The largest absolute Gasteiger partial charge is 0.381 e. The zero-order valence-electron chi connectivity index (χ0n) is 20.8. The first-order valence-corrected chi connectivity index (χ1v) is 12.9. The molecule has 1 aromatic carbocycles. The van der Waals surface area contributed by atoms with Crippen LogP contribution in [-0.4, -0.2) is 63.9 Å². The highest BCUT2D eigenvalue weighted by molar-refractivity contribution is 6.32. The smallest absolute Gasteiger partial charge is 0.248 e. The lowest BCUT2D eigenvalue weighted by atomic mass is 10.1. The van der Waals surface area contributed by atoms with Crippen LogP contribution in [0.2, 0.25) is 5.02 Å². The van der Waals surface area contributed by atoms with Gasteiger partial charge < -0.3 is 25.6 Å². The predicted octanol–water partition coefficient (Wildman–Crippen LogP) is 4.76. The van der Waals surface area contributed by atoms with Crippen LogP contribution in [0.1, 0.15) is 31.7 Å². The lowest BCUT2D eigenvalue weighted by Gasteiger charge is -2.28. The van der Waals surface area contributed by atoms with E-state index < -0.39 is 0 Å². The van der Waals surface area contributed by atoms with E-state index in [1.54, 1.807) is 18.5 Å². The summed E-state index contributed by atoms with van der Waals surface area (Å²) in [6.07, 6.45) is 10.7. The molecule has 3 N–H and O–H groups in total. The van der Waals surface area contributed by atoms with Crippen LogP contribution in [-0.2, 0) is 9.53 Å². The van der Waals surface area contributed by atoms with Crippen molar-refractivity contribution in [2.24, 2.45) is 0 Å². The first kappa shape index (κ1) is 25.2. The van der Waals surface area contributed by atoms with Crippen molar-refractivity contribution in [3.63, 3.8) is 0 Å². The Bertz CT molecular complexity index is 1260. The number of benzene rings is 1. The molecular weight excluding hydrogens is 492 g/mol. The Labute approximate surface area is 221 Å². The fourth-order valence-corrected chi connectivity index (χ4v) is 4.60. The highest BCUT2D eigenvalue weighted by Crippen LogP contribution is 2.27. The van der Waals surface area contributed by atoms with Crippen molar-refractivity contribution in [1.29, 1.82) is 0 Å². The fraction of sp³-hybridized carbons (Fsp3) is 0.385. The van der Waals surface area contributed by atoms with Gasteiger partial charge in [0.15, 0.2) is 5.82 Å². The number of amides is 1. The van der Waals surface area contributed by atoms with Gasteiger partial charge in [-0.15, -0.1) is 0 Å². The predicted molar refractivity (Wildman–Crippen MR) is 145 cm³/mol. The van der Waals surface area contributed by atoms with Gasteiger partial charge in [0.1, 0.15) is 5.02 Å². The number of nitrogens with zero attached hydrogens (tertiary/aromatic N) is 5. The number of carbonyl (C=O) groups is 1. The van der Waals surface area contributed by atoms with E-state index in [0.29, 0.717) is 41.7 Å². The first-order valence-electron chi connectivity index (χ1n) is 12.5. The third-order valence-corrected chi connectivity index (χ3v) is 6.80. The van der Waals surface area contributed by atoms with Crippen LogP contribution in [0.15, 0.2) is 54.5 Å². The van der Waals surface area contributed by atoms with Crippen molar-refractivity contribution < 1.29 is 9.53 Å². The molecule has 0 saturated carbocycles. The molecule has 0 aliphatic carbocycles. The standard InChI is InChI=1S/C26H31ClN8O2/c1-34-9-5-22(6-10-34)35-17-21(15-29-35)32-26-28-16-23(27)25(33-26)31-20-4-2-3-19(14-20)30-24(36)13-18-7-11-37-12-8-18/h2-4,13-17,22H,5-12H2,1H3,(H,30,36)(H2,28,31,32,33). The van der Waals surface area contributed by atoms with Crippen LogP contribution in [0.4, 0.5) is 28.8 Å². The van der Waals surface area contributed by atoms with Gasteiger partial charge in [0, 0.05) is 23.6 Å². The van der Waals surface area contributed by atoms with E-state index in [1.807, 2.05) is 35.1 Å². The molecule has 2 fully saturated rings. The van der Waals surface area contributed by atoms with Gasteiger partial charge in [-0.25, -0.2) is 4.98 Å². The van der Waals surface area contributed by atoms with Gasteiger partial charge in [-0.1, -0.05) is 23.2 Å². The Hall–Kier alpha value is -3.47. The molecule has 5 rings (SSSR count). The van der Waals surface area contributed by atoms with Crippen molar-refractivity contribution in [2.45, 2.75) is 31.7 Å². The molecule has 0 atom stereocenters. The van der Waals surface area contributed by atoms with Gasteiger partial charge in [0.05, 0.1) is 37.3 Å². The van der Waals surface area contributed by atoms with E-state index in [2.05, 4.69) is 43.0 Å². The zero-order valence-corrected chi connectivity index (χ0v) is 21.5. The summed E-state index contributed by atoms with van der Waals surface area (Å²) >= 11 is 6.38. The number of likely N-dealkylation sites (tertiary alicyclic amines) is 1. The molecule has 10 nitrogen and oxygen atoms in total. The average Bonchev–Trinajstić information content (AvgIpc) is 3.36. The Morgan fingerprint density at radius 1 is 1.11 bits per heavy atom. The zero-order chi connectivity index (χ0) is 25.6. The molecule has 2 saturated heterocycles. The van der Waals surface area contributed by atoms with Crippen LogP contribution in [0.25, 0.3) is 0 Å². The van der Waals surface area contributed by atoms with Crippen LogP contribution in [0.5, 0.6) is 0 Å². The van der Waals surface area contributed by atoms with E-state index in [-0.39, 0.29) is 5.91 Å². The van der Waals surface area contributed by atoms with Gasteiger partial charge in [0.25, 0.3) is 0 Å². The molecule has 0 bridgehead atoms. The second kappa shape index (κ2) is 11.7. The number of nitrogens with one attached hydrogen (secondary N) is 3. The maximum Gasteiger partial charge on any atom is 0.248 e. The van der Waals surface area contributed by atoms with E-state index in [4.69, 9.17) is 16.3 Å². The number of rotatable bonds is 7. The number of aromatic nitrogens is 4. The number of hydrogen-bond donors (Lipinski definition) is 3. The Kier molecular flexibility index (Phi) is 7.98. The number of carbonyl (C=O) groups excluding carboxylic acids is 1. The molecule has 194 valence electrons. The highest BCUT2D eigenvalue weighted by Gasteiger charge is 2.19. The van der Waals surface area contributed by atoms with Crippen LogP contribution in [0.3, 0.4) is 0 Å². The summed E-state index contributed by atoms with van der Waals surface area (Å²) in [6.45, 7) is 3.47. The van der Waals surface area contributed by atoms with Crippen molar-refractivity contribution in [2.75, 3.05) is 49.3 Å². The number of halogens is 1. The minimum absolute atomic E-state index is 0.151. The Morgan fingerprint density at radius 2 is 1.89 bits per heavy atom. The average molecular weight is 523 g/mol. The third-order valence-electron chi connectivity index (χ3n) is 6.53. The van der Waals surface area contributed by atoms with Gasteiger partial charge in [-0.3, -0.25) is 9.48 Å². The summed E-state index contributed by atoms with van der Waals surface area (Å²) in [5.41, 5.74) is 3.32. The fourth-order valence-electron chi connectivity index (χ4n) is 4.46. The molecule has 0 radical (unpaired) electrons. The summed E-state index contributed by atoms with van der Waals surface area (Å²) in [6, 6.07) is 7.80. The van der Waals surface area contributed by atoms with Crippen LogP contribution in [0, 0.1) is 0 Å². The molecule has 1 amide bonds. The van der Waals surface area contributed by atoms with E-state index >= 15 is 0 Å². The highest BCUT2D eigenvalue weighted by atomic mass is 35.5. The van der Waals surface area contributed by atoms with E-state index in [1.165, 1.54) is 0 Å². The molecule has 0 unspecified atom stereocenters. The summed E-state index contributed by atoms with van der Waals surface area (Å²) in [5.74, 6) is 0.707. The van der Waals surface area contributed by atoms with Crippen LogP contribution < -0.4 is 16.0 Å². The van der Waals surface area contributed by atoms with Crippen LogP contribution >= 0.6 is 11.6 Å². The van der Waals surface area contributed by atoms with Crippen molar-refractivity contribution in [3.8, 4) is 0 Å². The minimum atomic E-state index is -0.151.